The predicted molar refractivity (Wildman–Crippen MR) is 62.4 cm³/mol. The van der Waals surface area contributed by atoms with Crippen molar-refractivity contribution in [2.45, 2.75) is 13.3 Å². The number of halogens is 1. The molecule has 16 heavy (non-hydrogen) atoms. The van der Waals surface area contributed by atoms with Gasteiger partial charge in [0.25, 0.3) is 0 Å². The Morgan fingerprint density at radius 3 is 2.88 bits per heavy atom. The summed E-state index contributed by atoms with van der Waals surface area (Å²) in [4.78, 5) is 8.19. The molecule has 5 nitrogen and oxygen atoms in total. The van der Waals surface area contributed by atoms with Crippen LogP contribution in [0.2, 0.25) is 5.15 Å². The Balaban J connectivity index is 2.10. The van der Waals surface area contributed by atoms with E-state index >= 15 is 0 Å². The Labute approximate surface area is 99.8 Å². The van der Waals surface area contributed by atoms with E-state index in [9.17, 15) is 0 Å². The van der Waals surface area contributed by atoms with Gasteiger partial charge in [-0.1, -0.05) is 18.5 Å². The molecule has 0 atom stereocenters. The summed E-state index contributed by atoms with van der Waals surface area (Å²) in [5.41, 5.74) is 4.21. The monoisotopic (exact) mass is 242 g/mol. The molecule has 1 aliphatic heterocycles. The smallest absolute Gasteiger partial charge is 0.148 e. The minimum Gasteiger partial charge on any atom is -0.379 e. The van der Waals surface area contributed by atoms with Gasteiger partial charge in [0.1, 0.15) is 17.3 Å². The highest BCUT2D eigenvalue weighted by Gasteiger charge is 2.14. The third-order valence-corrected chi connectivity index (χ3v) is 2.85. The van der Waals surface area contributed by atoms with Crippen LogP contribution >= 0.6 is 11.6 Å². The van der Waals surface area contributed by atoms with E-state index in [1.54, 1.807) is 0 Å². The Hall–Kier alpha value is -0.910. The summed E-state index contributed by atoms with van der Waals surface area (Å²) >= 11 is 6.01. The van der Waals surface area contributed by atoms with Crippen molar-refractivity contribution in [3.05, 3.63) is 17.0 Å². The summed E-state index contributed by atoms with van der Waals surface area (Å²) in [7, 11) is 0. The molecule has 88 valence electrons. The molecule has 0 saturated carbocycles. The molecule has 0 bridgehead atoms. The van der Waals surface area contributed by atoms with Gasteiger partial charge < -0.3 is 10.2 Å². The van der Waals surface area contributed by atoms with Crippen LogP contribution in [-0.4, -0.2) is 41.3 Å². The Bertz CT molecular complexity index is 355. The zero-order valence-electron chi connectivity index (χ0n) is 9.24. The second-order valence-corrected chi connectivity index (χ2v) is 3.91. The maximum absolute atomic E-state index is 6.01. The zero-order valence-corrected chi connectivity index (χ0v) is 10.00. The summed E-state index contributed by atoms with van der Waals surface area (Å²) < 4.78 is 5.28. The molecule has 2 rings (SSSR count). The van der Waals surface area contributed by atoms with Crippen molar-refractivity contribution in [1.82, 2.24) is 15.0 Å². The molecule has 1 fully saturated rings. The quantitative estimate of drug-likeness (QED) is 0.811. The third-order valence-electron chi connectivity index (χ3n) is 2.52. The molecule has 0 amide bonds. The van der Waals surface area contributed by atoms with Crippen LogP contribution in [0.3, 0.4) is 0 Å². The number of hydrogen-bond donors (Lipinski definition) is 1. The number of hydrogen-bond acceptors (Lipinski definition) is 5. The summed E-state index contributed by atoms with van der Waals surface area (Å²) in [6, 6.07) is 0. The molecule has 6 heteroatoms. The van der Waals surface area contributed by atoms with Crippen molar-refractivity contribution in [2.24, 2.45) is 0 Å². The first-order chi connectivity index (χ1) is 7.81. The van der Waals surface area contributed by atoms with Gasteiger partial charge in [-0.3, -0.25) is 0 Å². The van der Waals surface area contributed by atoms with Gasteiger partial charge in [0.15, 0.2) is 0 Å². The number of nitrogens with one attached hydrogen (secondary N) is 1. The normalized spacial score (nSPS) is 17.4. The van der Waals surface area contributed by atoms with Crippen LogP contribution in [-0.2, 0) is 11.2 Å². The maximum Gasteiger partial charge on any atom is 0.148 e. The molecule has 0 spiro atoms. The van der Waals surface area contributed by atoms with Gasteiger partial charge >= 0.3 is 0 Å². The molecule has 0 aromatic carbocycles. The van der Waals surface area contributed by atoms with Crippen LogP contribution in [0.25, 0.3) is 0 Å². The van der Waals surface area contributed by atoms with Crippen molar-refractivity contribution in [3.8, 4) is 0 Å². The summed E-state index contributed by atoms with van der Waals surface area (Å²) in [6.07, 6.45) is 2.29. The van der Waals surface area contributed by atoms with E-state index < -0.39 is 0 Å². The standard InChI is InChI=1S/C10H15ClN4O/c1-2-8-9(11)12-7-13-10(8)14-15-3-5-16-6-4-15/h7H,2-6H2,1H3,(H,12,13,14). The summed E-state index contributed by atoms with van der Waals surface area (Å²) in [5, 5.41) is 2.61. The topological polar surface area (TPSA) is 50.3 Å². The van der Waals surface area contributed by atoms with Gasteiger partial charge in [-0.2, -0.15) is 0 Å². The number of ether oxygens (including phenoxy) is 1. The van der Waals surface area contributed by atoms with Gasteiger partial charge in [-0.25, -0.2) is 15.0 Å². The Kier molecular flexibility index (Phi) is 3.93. The van der Waals surface area contributed by atoms with E-state index in [0.717, 1.165) is 44.1 Å². The van der Waals surface area contributed by atoms with Crippen molar-refractivity contribution in [2.75, 3.05) is 31.7 Å². The fourth-order valence-corrected chi connectivity index (χ4v) is 1.89. The van der Waals surface area contributed by atoms with E-state index in [-0.39, 0.29) is 0 Å². The second kappa shape index (κ2) is 5.43. The van der Waals surface area contributed by atoms with E-state index in [1.807, 2.05) is 6.92 Å². The lowest BCUT2D eigenvalue weighted by molar-refractivity contribution is 0.0494. The lowest BCUT2D eigenvalue weighted by atomic mass is 10.2. The van der Waals surface area contributed by atoms with Gasteiger partial charge in [-0.05, 0) is 6.42 Å². The van der Waals surface area contributed by atoms with Crippen LogP contribution in [0.4, 0.5) is 5.82 Å². The number of anilines is 1. The first-order valence-electron chi connectivity index (χ1n) is 5.40. The van der Waals surface area contributed by atoms with Gasteiger partial charge in [-0.15, -0.1) is 0 Å². The lowest BCUT2D eigenvalue weighted by Crippen LogP contribution is -2.40. The number of nitrogens with zero attached hydrogens (tertiary/aromatic N) is 3. The predicted octanol–water partition coefficient (Wildman–Crippen LogP) is 1.35. The third kappa shape index (κ3) is 2.61. The summed E-state index contributed by atoms with van der Waals surface area (Å²) in [6.45, 7) is 5.23. The molecule has 1 aromatic rings. The second-order valence-electron chi connectivity index (χ2n) is 3.56. The number of aromatic nitrogens is 2. The molecule has 0 aliphatic carbocycles. The van der Waals surface area contributed by atoms with Crippen LogP contribution in [0.5, 0.6) is 0 Å². The van der Waals surface area contributed by atoms with Crippen molar-refractivity contribution in [1.29, 1.82) is 0 Å². The van der Waals surface area contributed by atoms with E-state index in [1.165, 1.54) is 6.33 Å². The van der Waals surface area contributed by atoms with E-state index in [4.69, 9.17) is 16.3 Å². The summed E-state index contributed by atoms with van der Waals surface area (Å²) in [5.74, 6) is 0.796. The largest absolute Gasteiger partial charge is 0.379 e. The molecule has 1 saturated heterocycles. The minimum atomic E-state index is 0.522. The average molecular weight is 243 g/mol. The molecule has 0 unspecified atom stereocenters. The van der Waals surface area contributed by atoms with Crippen LogP contribution in [0.1, 0.15) is 12.5 Å². The van der Waals surface area contributed by atoms with Crippen LogP contribution < -0.4 is 5.43 Å². The molecular formula is C10H15ClN4O. The Morgan fingerprint density at radius 1 is 1.44 bits per heavy atom. The van der Waals surface area contributed by atoms with Crippen molar-refractivity contribution in [3.63, 3.8) is 0 Å². The first-order valence-corrected chi connectivity index (χ1v) is 5.77. The van der Waals surface area contributed by atoms with Crippen LogP contribution in [0.15, 0.2) is 6.33 Å². The molecule has 1 aliphatic rings. The fraction of sp³-hybridized carbons (Fsp3) is 0.600. The highest BCUT2D eigenvalue weighted by atomic mass is 35.5. The number of hydrazine groups is 1. The van der Waals surface area contributed by atoms with E-state index in [2.05, 4.69) is 20.4 Å². The van der Waals surface area contributed by atoms with Crippen molar-refractivity contribution < 1.29 is 4.74 Å². The number of rotatable bonds is 3. The van der Waals surface area contributed by atoms with E-state index in [0.29, 0.717) is 5.15 Å². The van der Waals surface area contributed by atoms with Gasteiger partial charge in [0.05, 0.1) is 13.2 Å². The average Bonchev–Trinajstić information content (AvgIpc) is 2.31. The van der Waals surface area contributed by atoms with Gasteiger partial charge in [0.2, 0.25) is 0 Å². The van der Waals surface area contributed by atoms with Crippen molar-refractivity contribution >= 4 is 17.4 Å². The highest BCUT2D eigenvalue weighted by molar-refractivity contribution is 6.30. The Morgan fingerprint density at radius 2 is 2.19 bits per heavy atom. The molecule has 1 N–H and O–H groups in total. The number of morpholine rings is 1. The highest BCUT2D eigenvalue weighted by Crippen LogP contribution is 2.20. The lowest BCUT2D eigenvalue weighted by Gasteiger charge is -2.28. The first kappa shape index (κ1) is 11.6. The van der Waals surface area contributed by atoms with Crippen LogP contribution in [0, 0.1) is 0 Å². The fourth-order valence-electron chi connectivity index (χ4n) is 1.63. The molecule has 1 aromatic heterocycles. The molecule has 2 heterocycles. The molecular weight excluding hydrogens is 228 g/mol. The SMILES string of the molecule is CCc1c(Cl)ncnc1NN1CCOCC1. The van der Waals surface area contributed by atoms with Gasteiger partial charge in [0, 0.05) is 18.7 Å². The molecule has 0 radical (unpaired) electrons. The zero-order chi connectivity index (χ0) is 11.4. The maximum atomic E-state index is 6.01. The minimum absolute atomic E-state index is 0.522.